The van der Waals surface area contributed by atoms with Gasteiger partial charge in [-0.1, -0.05) is 24.3 Å². The van der Waals surface area contributed by atoms with Gasteiger partial charge < -0.3 is 14.7 Å². The van der Waals surface area contributed by atoms with Gasteiger partial charge in [-0.2, -0.15) is 0 Å². The maximum atomic E-state index is 12.3. The number of pyridine rings is 1. The number of ether oxygens (including phenoxy) is 1. The van der Waals surface area contributed by atoms with Gasteiger partial charge >= 0.3 is 0 Å². The summed E-state index contributed by atoms with van der Waals surface area (Å²) in [6, 6.07) is 15.2. The van der Waals surface area contributed by atoms with Crippen molar-refractivity contribution in [1.82, 2.24) is 9.88 Å². The molecule has 24 heavy (non-hydrogen) atoms. The summed E-state index contributed by atoms with van der Waals surface area (Å²) >= 11 is 0. The molecule has 0 saturated carbocycles. The van der Waals surface area contributed by atoms with Crippen molar-refractivity contribution in [2.24, 2.45) is 5.92 Å². The lowest BCUT2D eigenvalue weighted by molar-refractivity contribution is -0.131. The first-order valence-corrected chi connectivity index (χ1v) is 8.26. The Bertz CT molecular complexity index is 648. The molecular weight excluding hydrogens is 304 g/mol. The van der Waals surface area contributed by atoms with E-state index in [1.54, 1.807) is 11.1 Å². The number of β-amino-alcohol motifs (C(OH)–C–C–N with tert-alkyl or cyclic N) is 1. The molecule has 0 spiro atoms. The third-order valence-corrected chi connectivity index (χ3v) is 4.28. The molecule has 0 bridgehead atoms. The van der Waals surface area contributed by atoms with E-state index in [0.717, 1.165) is 11.4 Å². The zero-order valence-corrected chi connectivity index (χ0v) is 13.5. The monoisotopic (exact) mass is 326 g/mol. The molecule has 1 fully saturated rings. The zero-order valence-electron chi connectivity index (χ0n) is 13.5. The lowest BCUT2D eigenvalue weighted by Crippen LogP contribution is -2.30. The molecule has 1 aliphatic heterocycles. The van der Waals surface area contributed by atoms with Crippen molar-refractivity contribution in [3.8, 4) is 5.75 Å². The highest BCUT2D eigenvalue weighted by atomic mass is 16.5. The fourth-order valence-corrected chi connectivity index (χ4v) is 2.98. The second-order valence-corrected chi connectivity index (χ2v) is 6.06. The van der Waals surface area contributed by atoms with E-state index in [4.69, 9.17) is 4.74 Å². The van der Waals surface area contributed by atoms with E-state index in [1.165, 1.54) is 0 Å². The quantitative estimate of drug-likeness (QED) is 0.881. The lowest BCUT2D eigenvalue weighted by Gasteiger charge is -2.16. The van der Waals surface area contributed by atoms with Crippen molar-refractivity contribution in [3.05, 3.63) is 60.4 Å². The molecule has 126 valence electrons. The van der Waals surface area contributed by atoms with Gasteiger partial charge in [-0.25, -0.2) is 0 Å². The Morgan fingerprint density at radius 3 is 2.71 bits per heavy atom. The average Bonchev–Trinajstić information content (AvgIpc) is 2.97. The lowest BCUT2D eigenvalue weighted by atomic mass is 10.00. The summed E-state index contributed by atoms with van der Waals surface area (Å²) < 4.78 is 5.57. The normalized spacial score (nSPS) is 20.1. The number of aliphatic hydroxyl groups is 1. The summed E-state index contributed by atoms with van der Waals surface area (Å²) in [5.74, 6) is 0.826. The van der Waals surface area contributed by atoms with Crippen molar-refractivity contribution in [2.75, 3.05) is 19.7 Å². The Balaban J connectivity index is 1.46. The second kappa shape index (κ2) is 7.93. The molecular formula is C19H22N2O3. The minimum absolute atomic E-state index is 0.0218. The largest absolute Gasteiger partial charge is 0.493 e. The highest BCUT2D eigenvalue weighted by Crippen LogP contribution is 2.21. The van der Waals surface area contributed by atoms with Crippen molar-refractivity contribution >= 4 is 5.91 Å². The molecule has 2 heterocycles. The molecule has 0 aliphatic carbocycles. The summed E-state index contributed by atoms with van der Waals surface area (Å²) in [6.45, 7) is 1.31. The number of aromatic nitrogens is 1. The van der Waals surface area contributed by atoms with E-state index in [-0.39, 0.29) is 11.8 Å². The van der Waals surface area contributed by atoms with Crippen LogP contribution in [0, 0.1) is 5.92 Å². The van der Waals surface area contributed by atoms with Gasteiger partial charge in [-0.15, -0.1) is 0 Å². The Morgan fingerprint density at radius 2 is 1.96 bits per heavy atom. The number of hydrogen-bond donors (Lipinski definition) is 1. The standard InChI is InChI=1S/C19H22N2O3/c22-18-14-21(13-15(18)12-16-6-4-5-10-20-16)19(23)9-11-24-17-7-2-1-3-8-17/h1-8,10,15,18,22H,9,11-14H2/t15-,18-/m1/s1. The molecule has 0 unspecified atom stereocenters. The van der Waals surface area contributed by atoms with Gasteiger partial charge in [0.2, 0.25) is 5.91 Å². The van der Waals surface area contributed by atoms with Crippen LogP contribution in [-0.2, 0) is 11.2 Å². The SMILES string of the molecule is O=C(CCOc1ccccc1)N1C[C@@H](Cc2ccccn2)[C@H](O)C1. The number of carbonyl (C=O) groups is 1. The van der Waals surface area contributed by atoms with Crippen molar-refractivity contribution in [1.29, 1.82) is 0 Å². The van der Waals surface area contributed by atoms with Crippen LogP contribution in [0.15, 0.2) is 54.7 Å². The number of carbonyl (C=O) groups excluding carboxylic acids is 1. The predicted molar refractivity (Wildman–Crippen MR) is 90.6 cm³/mol. The predicted octanol–water partition coefficient (Wildman–Crippen LogP) is 1.91. The summed E-state index contributed by atoms with van der Waals surface area (Å²) in [5.41, 5.74) is 0.947. The molecule has 1 aliphatic rings. The molecule has 2 atom stereocenters. The average molecular weight is 326 g/mol. The van der Waals surface area contributed by atoms with Crippen LogP contribution < -0.4 is 4.74 Å². The van der Waals surface area contributed by atoms with E-state index in [2.05, 4.69) is 4.98 Å². The van der Waals surface area contributed by atoms with Gasteiger partial charge in [-0.05, 0) is 30.7 Å². The maximum Gasteiger partial charge on any atom is 0.226 e. The number of benzene rings is 1. The Morgan fingerprint density at radius 1 is 1.17 bits per heavy atom. The summed E-state index contributed by atoms with van der Waals surface area (Å²) in [4.78, 5) is 18.3. The van der Waals surface area contributed by atoms with Crippen LogP contribution in [0.2, 0.25) is 0 Å². The van der Waals surface area contributed by atoms with Crippen LogP contribution in [0.25, 0.3) is 0 Å². The number of rotatable bonds is 6. The number of aliphatic hydroxyl groups excluding tert-OH is 1. The first kappa shape index (κ1) is 16.5. The third-order valence-electron chi connectivity index (χ3n) is 4.28. The van der Waals surface area contributed by atoms with Gasteiger partial charge in [0.05, 0.1) is 19.1 Å². The molecule has 1 amide bonds. The number of nitrogens with zero attached hydrogens (tertiary/aromatic N) is 2. The third kappa shape index (κ3) is 4.32. The minimum Gasteiger partial charge on any atom is -0.493 e. The smallest absolute Gasteiger partial charge is 0.226 e. The highest BCUT2D eigenvalue weighted by molar-refractivity contribution is 5.76. The van der Waals surface area contributed by atoms with Crippen molar-refractivity contribution in [3.63, 3.8) is 0 Å². The van der Waals surface area contributed by atoms with E-state index in [0.29, 0.717) is 32.5 Å². The molecule has 1 saturated heterocycles. The first-order chi connectivity index (χ1) is 11.7. The van der Waals surface area contributed by atoms with E-state index in [1.807, 2.05) is 48.5 Å². The minimum atomic E-state index is -0.494. The number of likely N-dealkylation sites (tertiary alicyclic amines) is 1. The molecule has 5 heteroatoms. The summed E-state index contributed by atoms with van der Waals surface area (Å²) in [6.07, 6.45) is 2.26. The van der Waals surface area contributed by atoms with Gasteiger partial charge in [-0.3, -0.25) is 9.78 Å². The van der Waals surface area contributed by atoms with Crippen LogP contribution in [0.5, 0.6) is 5.75 Å². The maximum absolute atomic E-state index is 12.3. The van der Waals surface area contributed by atoms with Crippen LogP contribution >= 0.6 is 0 Å². The van der Waals surface area contributed by atoms with Crippen LogP contribution in [-0.4, -0.2) is 46.7 Å². The fraction of sp³-hybridized carbons (Fsp3) is 0.368. The Hall–Kier alpha value is -2.40. The number of para-hydroxylation sites is 1. The van der Waals surface area contributed by atoms with Crippen LogP contribution in [0.4, 0.5) is 0 Å². The molecule has 3 rings (SSSR count). The summed E-state index contributed by atoms with van der Waals surface area (Å²) in [5, 5.41) is 10.2. The van der Waals surface area contributed by atoms with Gasteiger partial charge in [0.15, 0.2) is 0 Å². The van der Waals surface area contributed by atoms with E-state index >= 15 is 0 Å². The Kier molecular flexibility index (Phi) is 5.43. The summed E-state index contributed by atoms with van der Waals surface area (Å²) in [7, 11) is 0. The van der Waals surface area contributed by atoms with Crippen molar-refractivity contribution in [2.45, 2.75) is 18.9 Å². The molecule has 1 aromatic heterocycles. The number of amides is 1. The molecule has 2 aromatic rings. The molecule has 5 nitrogen and oxygen atoms in total. The molecule has 0 radical (unpaired) electrons. The molecule has 1 aromatic carbocycles. The Labute approximate surface area is 141 Å². The first-order valence-electron chi connectivity index (χ1n) is 8.26. The highest BCUT2D eigenvalue weighted by Gasteiger charge is 2.33. The van der Waals surface area contributed by atoms with Gasteiger partial charge in [0.25, 0.3) is 0 Å². The van der Waals surface area contributed by atoms with Crippen molar-refractivity contribution < 1.29 is 14.6 Å². The molecule has 1 N–H and O–H groups in total. The topological polar surface area (TPSA) is 62.7 Å². The fourth-order valence-electron chi connectivity index (χ4n) is 2.98. The zero-order chi connectivity index (χ0) is 16.8. The van der Waals surface area contributed by atoms with Crippen LogP contribution in [0.1, 0.15) is 12.1 Å². The van der Waals surface area contributed by atoms with E-state index in [9.17, 15) is 9.90 Å². The number of hydrogen-bond acceptors (Lipinski definition) is 4. The van der Waals surface area contributed by atoms with Gasteiger partial charge in [0.1, 0.15) is 5.75 Å². The second-order valence-electron chi connectivity index (χ2n) is 6.06. The van der Waals surface area contributed by atoms with E-state index < -0.39 is 6.10 Å². The van der Waals surface area contributed by atoms with Crippen LogP contribution in [0.3, 0.4) is 0 Å². The van der Waals surface area contributed by atoms with Gasteiger partial charge in [0, 0.05) is 30.9 Å².